The van der Waals surface area contributed by atoms with Crippen LogP contribution in [-0.2, 0) is 22.6 Å². The average molecular weight is 328 g/mol. The molecule has 0 bridgehead atoms. The first-order chi connectivity index (χ1) is 11.6. The molecule has 0 unspecified atom stereocenters. The van der Waals surface area contributed by atoms with Crippen molar-refractivity contribution < 1.29 is 18.5 Å². The van der Waals surface area contributed by atoms with Crippen molar-refractivity contribution in [2.24, 2.45) is 0 Å². The topological polar surface area (TPSA) is 61.1 Å². The summed E-state index contributed by atoms with van der Waals surface area (Å²) in [6.07, 6.45) is 0. The molecule has 2 aromatic carbocycles. The van der Waals surface area contributed by atoms with Crippen LogP contribution in [-0.4, -0.2) is 17.1 Å². The largest absolute Gasteiger partial charge is 0.464 e. The van der Waals surface area contributed by atoms with E-state index in [1.165, 1.54) is 6.07 Å². The fourth-order valence-corrected chi connectivity index (χ4v) is 2.78. The Morgan fingerprint density at radius 3 is 2.67 bits per heavy atom. The molecule has 0 aliphatic rings. The zero-order chi connectivity index (χ0) is 17.1. The van der Waals surface area contributed by atoms with Crippen molar-refractivity contribution in [1.82, 2.24) is 4.57 Å². The molecule has 24 heavy (non-hydrogen) atoms. The van der Waals surface area contributed by atoms with Gasteiger partial charge in [0, 0.05) is 5.56 Å². The van der Waals surface area contributed by atoms with Crippen molar-refractivity contribution in [3.05, 3.63) is 59.9 Å². The van der Waals surface area contributed by atoms with E-state index in [9.17, 15) is 9.18 Å². The minimum atomic E-state index is -0.358. The van der Waals surface area contributed by atoms with Crippen LogP contribution in [0.4, 0.5) is 10.3 Å². The Kier molecular flexibility index (Phi) is 4.46. The number of carbonyl (C=O) groups excluding carboxylic acids is 1. The molecular weight excluding hydrogens is 309 g/mol. The fourth-order valence-electron chi connectivity index (χ4n) is 2.78. The van der Waals surface area contributed by atoms with E-state index in [0.29, 0.717) is 18.1 Å². The van der Waals surface area contributed by atoms with Gasteiger partial charge in [0.15, 0.2) is 6.54 Å². The molecule has 0 fully saturated rings. The molecule has 1 heterocycles. The summed E-state index contributed by atoms with van der Waals surface area (Å²) >= 11 is 0. The maximum absolute atomic E-state index is 14.0. The molecular formula is C18H19FN3O2+. The van der Waals surface area contributed by atoms with Gasteiger partial charge in [0.05, 0.1) is 6.61 Å². The van der Waals surface area contributed by atoms with Gasteiger partial charge >= 0.3 is 11.9 Å². The number of nitrogens with zero attached hydrogens (tertiary/aromatic N) is 2. The van der Waals surface area contributed by atoms with Crippen molar-refractivity contribution >= 4 is 23.0 Å². The minimum absolute atomic E-state index is 0.0183. The van der Waals surface area contributed by atoms with Gasteiger partial charge in [0.1, 0.15) is 23.4 Å². The molecule has 2 N–H and O–H groups in total. The summed E-state index contributed by atoms with van der Waals surface area (Å²) in [7, 11) is 0. The summed E-state index contributed by atoms with van der Waals surface area (Å²) in [5.74, 6) is -0.262. The highest BCUT2D eigenvalue weighted by molar-refractivity contribution is 5.77. The molecule has 0 atom stereocenters. The Morgan fingerprint density at radius 2 is 1.92 bits per heavy atom. The first kappa shape index (κ1) is 16.0. The summed E-state index contributed by atoms with van der Waals surface area (Å²) in [4.78, 5) is 11.9. The lowest BCUT2D eigenvalue weighted by atomic mass is 10.2. The maximum atomic E-state index is 14.0. The first-order valence-electron chi connectivity index (χ1n) is 7.77. The molecule has 0 spiro atoms. The number of hydrogen-bond donors (Lipinski definition) is 1. The van der Waals surface area contributed by atoms with E-state index in [4.69, 9.17) is 10.5 Å². The lowest BCUT2D eigenvalue weighted by Crippen LogP contribution is -2.37. The van der Waals surface area contributed by atoms with Gasteiger partial charge in [-0.05, 0) is 25.1 Å². The lowest BCUT2D eigenvalue weighted by molar-refractivity contribution is -0.648. The zero-order valence-corrected chi connectivity index (χ0v) is 13.4. The monoisotopic (exact) mass is 328 g/mol. The quantitative estimate of drug-likeness (QED) is 0.577. The summed E-state index contributed by atoms with van der Waals surface area (Å²) in [6.45, 7) is 2.37. The summed E-state index contributed by atoms with van der Waals surface area (Å²) in [5.41, 5.74) is 8.43. The molecule has 6 heteroatoms. The Balaban J connectivity index is 2.06. The number of carbonyl (C=O) groups is 1. The van der Waals surface area contributed by atoms with Crippen LogP contribution in [0.3, 0.4) is 0 Å². The van der Waals surface area contributed by atoms with Gasteiger partial charge in [-0.3, -0.25) is 5.73 Å². The van der Waals surface area contributed by atoms with E-state index in [-0.39, 0.29) is 24.9 Å². The van der Waals surface area contributed by atoms with Crippen molar-refractivity contribution in [1.29, 1.82) is 0 Å². The van der Waals surface area contributed by atoms with Gasteiger partial charge in [-0.1, -0.05) is 30.3 Å². The molecule has 1 aromatic heterocycles. The highest BCUT2D eigenvalue weighted by Gasteiger charge is 2.23. The number of esters is 1. The van der Waals surface area contributed by atoms with Crippen LogP contribution >= 0.6 is 0 Å². The number of nitrogen functional groups attached to an aromatic ring is 1. The summed E-state index contributed by atoms with van der Waals surface area (Å²) < 4.78 is 22.5. The third kappa shape index (κ3) is 2.95. The third-order valence-electron chi connectivity index (χ3n) is 3.90. The third-order valence-corrected chi connectivity index (χ3v) is 3.90. The van der Waals surface area contributed by atoms with Crippen molar-refractivity contribution in [3.8, 4) is 0 Å². The molecule has 0 aliphatic heterocycles. The van der Waals surface area contributed by atoms with E-state index in [2.05, 4.69) is 0 Å². The highest BCUT2D eigenvalue weighted by Crippen LogP contribution is 2.17. The Hall–Kier alpha value is -2.89. The number of ether oxygens (including phenoxy) is 1. The van der Waals surface area contributed by atoms with Crippen molar-refractivity contribution in [2.45, 2.75) is 20.0 Å². The fraction of sp³-hybridized carbons (Fsp3) is 0.222. The Bertz CT molecular complexity index is 889. The van der Waals surface area contributed by atoms with Crippen LogP contribution in [0, 0.1) is 5.82 Å². The molecule has 3 rings (SSSR count). The van der Waals surface area contributed by atoms with Crippen LogP contribution < -0.4 is 10.3 Å². The van der Waals surface area contributed by atoms with Crippen LogP contribution in [0.5, 0.6) is 0 Å². The van der Waals surface area contributed by atoms with Gasteiger partial charge in [0.2, 0.25) is 0 Å². The van der Waals surface area contributed by atoms with E-state index < -0.39 is 0 Å². The summed E-state index contributed by atoms with van der Waals surface area (Å²) in [6, 6.07) is 14.1. The standard InChI is InChI=1S/C18H18FN3O2/c1-2-24-17(23)12-22-16-10-6-5-9-15(16)21(18(22)20)11-13-7-3-4-8-14(13)19/h3-10,20H,2,11-12H2,1H3/p+1. The average Bonchev–Trinajstić information content (AvgIpc) is 2.83. The molecule has 0 aliphatic carbocycles. The SMILES string of the molecule is CCOC(=O)Cn1c(N)[n+](Cc2ccccc2F)c2ccccc21. The van der Waals surface area contributed by atoms with Crippen LogP contribution in [0.15, 0.2) is 48.5 Å². The van der Waals surface area contributed by atoms with Crippen molar-refractivity contribution in [3.63, 3.8) is 0 Å². The van der Waals surface area contributed by atoms with E-state index in [1.807, 2.05) is 24.3 Å². The number of imidazole rings is 1. The second-order valence-electron chi connectivity index (χ2n) is 5.42. The van der Waals surface area contributed by atoms with Crippen LogP contribution in [0.1, 0.15) is 12.5 Å². The smallest absolute Gasteiger partial charge is 0.356 e. The van der Waals surface area contributed by atoms with Gasteiger partial charge in [-0.2, -0.15) is 0 Å². The van der Waals surface area contributed by atoms with E-state index in [0.717, 1.165) is 11.0 Å². The number of hydrogen-bond acceptors (Lipinski definition) is 3. The van der Waals surface area contributed by atoms with Crippen LogP contribution in [0.25, 0.3) is 11.0 Å². The highest BCUT2D eigenvalue weighted by atomic mass is 19.1. The summed E-state index contributed by atoms with van der Waals surface area (Å²) in [5, 5.41) is 0. The minimum Gasteiger partial charge on any atom is -0.464 e. The van der Waals surface area contributed by atoms with Gasteiger partial charge in [-0.25, -0.2) is 18.3 Å². The van der Waals surface area contributed by atoms with Crippen LogP contribution in [0.2, 0.25) is 0 Å². The number of benzene rings is 2. The molecule has 3 aromatic rings. The molecule has 0 saturated carbocycles. The number of anilines is 1. The second-order valence-corrected chi connectivity index (χ2v) is 5.42. The number of rotatable bonds is 5. The lowest BCUT2D eigenvalue weighted by Gasteiger charge is -2.04. The Morgan fingerprint density at radius 1 is 1.21 bits per heavy atom. The predicted octanol–water partition coefficient (Wildman–Crippen LogP) is 2.26. The molecule has 0 saturated heterocycles. The van der Waals surface area contributed by atoms with Gasteiger partial charge in [-0.15, -0.1) is 0 Å². The number of halogens is 1. The number of fused-ring (bicyclic) bond motifs is 1. The molecule has 5 nitrogen and oxygen atoms in total. The van der Waals surface area contributed by atoms with E-state index >= 15 is 0 Å². The first-order valence-corrected chi connectivity index (χ1v) is 7.77. The van der Waals surface area contributed by atoms with Gasteiger partial charge in [0.25, 0.3) is 0 Å². The normalized spacial score (nSPS) is 10.9. The van der Waals surface area contributed by atoms with E-state index in [1.54, 1.807) is 34.3 Å². The van der Waals surface area contributed by atoms with Gasteiger partial charge < -0.3 is 4.74 Å². The zero-order valence-electron chi connectivity index (χ0n) is 13.4. The number of nitrogens with two attached hydrogens (primary N) is 1. The number of para-hydroxylation sites is 2. The second kappa shape index (κ2) is 6.70. The van der Waals surface area contributed by atoms with Crippen molar-refractivity contribution in [2.75, 3.05) is 12.3 Å². The number of aromatic nitrogens is 2. The maximum Gasteiger partial charge on any atom is 0.356 e. The molecule has 0 amide bonds. The Labute approximate surface area is 139 Å². The predicted molar refractivity (Wildman–Crippen MR) is 88.7 cm³/mol. The molecule has 124 valence electrons. The molecule has 0 radical (unpaired) electrons.